The third-order valence-corrected chi connectivity index (χ3v) is 3.09. The molecule has 0 atom stereocenters. The van der Waals surface area contributed by atoms with Gasteiger partial charge in [-0.15, -0.1) is 0 Å². The van der Waals surface area contributed by atoms with Gasteiger partial charge in [-0.1, -0.05) is 18.2 Å². The summed E-state index contributed by atoms with van der Waals surface area (Å²) in [6.45, 7) is 0.415. The average molecular weight is 303 g/mol. The quantitative estimate of drug-likeness (QED) is 0.883. The zero-order chi connectivity index (χ0) is 13.0. The summed E-state index contributed by atoms with van der Waals surface area (Å²) in [7, 11) is 0. The maximum atomic E-state index is 8.71. The van der Waals surface area contributed by atoms with Gasteiger partial charge in [0.25, 0.3) is 0 Å². The number of nitrogens with two attached hydrogens (primary N) is 1. The number of hydrogen-bond donors (Lipinski definition) is 1. The molecule has 0 aliphatic carbocycles. The number of ether oxygens (including phenoxy) is 1. The van der Waals surface area contributed by atoms with Crippen molar-refractivity contribution in [1.29, 1.82) is 5.26 Å². The van der Waals surface area contributed by atoms with E-state index in [2.05, 4.69) is 22.0 Å². The van der Waals surface area contributed by atoms with Crippen LogP contribution in [0.4, 0.5) is 5.69 Å². The molecule has 2 rings (SSSR count). The van der Waals surface area contributed by atoms with Gasteiger partial charge in [-0.3, -0.25) is 0 Å². The number of nitrogen functional groups attached to an aromatic ring is 1. The SMILES string of the molecule is N#Cc1ccc(COc2c(N)cccc2Br)cc1. The molecule has 2 aromatic rings. The normalized spacial score (nSPS) is 9.78. The van der Waals surface area contributed by atoms with Crippen LogP contribution < -0.4 is 10.5 Å². The molecule has 0 spiro atoms. The minimum atomic E-state index is 0.415. The van der Waals surface area contributed by atoms with Crippen LogP contribution in [0.1, 0.15) is 11.1 Å². The topological polar surface area (TPSA) is 59.0 Å². The first-order chi connectivity index (χ1) is 8.70. The number of hydrogen-bond acceptors (Lipinski definition) is 3. The summed E-state index contributed by atoms with van der Waals surface area (Å²) in [5.74, 6) is 0.641. The lowest BCUT2D eigenvalue weighted by atomic mass is 10.1. The zero-order valence-corrected chi connectivity index (χ0v) is 11.1. The van der Waals surface area contributed by atoms with Crippen molar-refractivity contribution in [2.24, 2.45) is 0 Å². The predicted molar refractivity (Wildman–Crippen MR) is 74.0 cm³/mol. The van der Waals surface area contributed by atoms with Crippen molar-refractivity contribution in [2.75, 3.05) is 5.73 Å². The molecule has 90 valence electrons. The zero-order valence-electron chi connectivity index (χ0n) is 9.56. The summed E-state index contributed by atoms with van der Waals surface area (Å²) in [6.07, 6.45) is 0. The van der Waals surface area contributed by atoms with E-state index in [0.717, 1.165) is 10.0 Å². The Balaban J connectivity index is 2.09. The average Bonchev–Trinajstić information content (AvgIpc) is 2.39. The number of anilines is 1. The van der Waals surface area contributed by atoms with Crippen LogP contribution >= 0.6 is 15.9 Å². The van der Waals surface area contributed by atoms with Gasteiger partial charge in [0.15, 0.2) is 5.75 Å². The lowest BCUT2D eigenvalue weighted by molar-refractivity contribution is 0.306. The number of halogens is 1. The summed E-state index contributed by atoms with van der Waals surface area (Å²) < 4.78 is 6.50. The van der Waals surface area contributed by atoms with Gasteiger partial charge in [-0.05, 0) is 45.8 Å². The molecule has 0 saturated carbocycles. The van der Waals surface area contributed by atoms with Crippen molar-refractivity contribution in [2.45, 2.75) is 6.61 Å². The van der Waals surface area contributed by atoms with Crippen molar-refractivity contribution in [3.8, 4) is 11.8 Å². The third-order valence-electron chi connectivity index (χ3n) is 2.46. The summed E-state index contributed by atoms with van der Waals surface area (Å²) in [6, 6.07) is 14.9. The molecule has 0 aliphatic heterocycles. The van der Waals surface area contributed by atoms with E-state index in [4.69, 9.17) is 15.7 Å². The Labute approximate surface area is 114 Å². The van der Waals surface area contributed by atoms with Crippen LogP contribution in [0.25, 0.3) is 0 Å². The highest BCUT2D eigenvalue weighted by molar-refractivity contribution is 9.10. The first kappa shape index (κ1) is 12.5. The van der Waals surface area contributed by atoms with E-state index in [0.29, 0.717) is 23.6 Å². The van der Waals surface area contributed by atoms with Crippen LogP contribution in [0, 0.1) is 11.3 Å². The lowest BCUT2D eigenvalue weighted by Crippen LogP contribution is -1.99. The monoisotopic (exact) mass is 302 g/mol. The van der Waals surface area contributed by atoms with E-state index in [-0.39, 0.29) is 0 Å². The summed E-state index contributed by atoms with van der Waals surface area (Å²) >= 11 is 3.40. The molecular weight excluding hydrogens is 292 g/mol. The van der Waals surface area contributed by atoms with E-state index in [1.165, 1.54) is 0 Å². The van der Waals surface area contributed by atoms with Crippen LogP contribution in [0.3, 0.4) is 0 Å². The highest BCUT2D eigenvalue weighted by Gasteiger charge is 2.05. The molecule has 0 saturated heterocycles. The maximum Gasteiger partial charge on any atom is 0.156 e. The number of nitriles is 1. The van der Waals surface area contributed by atoms with Gasteiger partial charge in [0.05, 0.1) is 21.8 Å². The second kappa shape index (κ2) is 5.56. The summed E-state index contributed by atoms with van der Waals surface area (Å²) in [4.78, 5) is 0. The minimum Gasteiger partial charge on any atom is -0.486 e. The van der Waals surface area contributed by atoms with Crippen LogP contribution in [0.15, 0.2) is 46.9 Å². The second-order valence-electron chi connectivity index (χ2n) is 3.76. The van der Waals surface area contributed by atoms with E-state index < -0.39 is 0 Å². The number of para-hydroxylation sites is 1. The van der Waals surface area contributed by atoms with Gasteiger partial charge < -0.3 is 10.5 Å². The van der Waals surface area contributed by atoms with Gasteiger partial charge in [0.2, 0.25) is 0 Å². The Kier molecular flexibility index (Phi) is 3.85. The van der Waals surface area contributed by atoms with Crippen LogP contribution in [0.5, 0.6) is 5.75 Å². The molecule has 4 heteroatoms. The third kappa shape index (κ3) is 2.82. The van der Waals surface area contributed by atoms with E-state index in [1.807, 2.05) is 24.3 Å². The Hall–Kier alpha value is -1.99. The van der Waals surface area contributed by atoms with Crippen molar-refractivity contribution < 1.29 is 4.74 Å². The molecular formula is C14H11BrN2O. The highest BCUT2D eigenvalue weighted by atomic mass is 79.9. The Bertz CT molecular complexity index is 567. The van der Waals surface area contributed by atoms with Crippen LogP contribution in [0.2, 0.25) is 0 Å². The van der Waals surface area contributed by atoms with Gasteiger partial charge in [0, 0.05) is 0 Å². The molecule has 0 bridgehead atoms. The van der Waals surface area contributed by atoms with Crippen LogP contribution in [-0.4, -0.2) is 0 Å². The van der Waals surface area contributed by atoms with E-state index >= 15 is 0 Å². The Morgan fingerprint density at radius 3 is 2.50 bits per heavy atom. The summed E-state index contributed by atoms with van der Waals surface area (Å²) in [5, 5.41) is 8.71. The second-order valence-corrected chi connectivity index (χ2v) is 4.61. The Morgan fingerprint density at radius 1 is 1.17 bits per heavy atom. The van der Waals surface area contributed by atoms with Crippen molar-refractivity contribution in [1.82, 2.24) is 0 Å². The van der Waals surface area contributed by atoms with E-state index in [1.54, 1.807) is 18.2 Å². The standard InChI is InChI=1S/C14H11BrN2O/c15-12-2-1-3-13(17)14(12)18-9-11-6-4-10(8-16)5-7-11/h1-7H,9,17H2. The van der Waals surface area contributed by atoms with Gasteiger partial charge in [-0.2, -0.15) is 5.26 Å². The highest BCUT2D eigenvalue weighted by Crippen LogP contribution is 2.31. The Morgan fingerprint density at radius 2 is 1.89 bits per heavy atom. The van der Waals surface area contributed by atoms with Gasteiger partial charge in [0.1, 0.15) is 6.61 Å². The first-order valence-corrected chi connectivity index (χ1v) is 6.16. The number of benzene rings is 2. The smallest absolute Gasteiger partial charge is 0.156 e. The number of rotatable bonds is 3. The molecule has 2 aromatic carbocycles. The first-order valence-electron chi connectivity index (χ1n) is 5.36. The fraction of sp³-hybridized carbons (Fsp3) is 0.0714. The van der Waals surface area contributed by atoms with Gasteiger partial charge in [-0.25, -0.2) is 0 Å². The molecule has 0 radical (unpaired) electrons. The molecule has 0 aliphatic rings. The molecule has 0 amide bonds. The number of nitrogens with zero attached hydrogens (tertiary/aromatic N) is 1. The fourth-order valence-electron chi connectivity index (χ4n) is 1.51. The van der Waals surface area contributed by atoms with Crippen molar-refractivity contribution >= 4 is 21.6 Å². The minimum absolute atomic E-state index is 0.415. The fourth-order valence-corrected chi connectivity index (χ4v) is 2.00. The van der Waals surface area contributed by atoms with Crippen LogP contribution in [-0.2, 0) is 6.61 Å². The van der Waals surface area contributed by atoms with Crippen molar-refractivity contribution in [3.63, 3.8) is 0 Å². The van der Waals surface area contributed by atoms with E-state index in [9.17, 15) is 0 Å². The predicted octanol–water partition coefficient (Wildman–Crippen LogP) is 3.48. The molecule has 0 aromatic heterocycles. The molecule has 18 heavy (non-hydrogen) atoms. The maximum absolute atomic E-state index is 8.71. The molecule has 2 N–H and O–H groups in total. The molecule has 0 unspecified atom stereocenters. The van der Waals surface area contributed by atoms with Gasteiger partial charge >= 0.3 is 0 Å². The molecule has 0 heterocycles. The summed E-state index contributed by atoms with van der Waals surface area (Å²) in [5.41, 5.74) is 8.06. The molecule has 3 nitrogen and oxygen atoms in total. The molecule has 0 fully saturated rings. The lowest BCUT2D eigenvalue weighted by Gasteiger charge is -2.10. The largest absolute Gasteiger partial charge is 0.486 e. The van der Waals surface area contributed by atoms with Crippen molar-refractivity contribution in [3.05, 3.63) is 58.1 Å².